The van der Waals surface area contributed by atoms with Crippen molar-refractivity contribution in [2.75, 3.05) is 5.75 Å². The Morgan fingerprint density at radius 2 is 2.14 bits per heavy atom. The molecule has 0 aliphatic heterocycles. The number of imidazole rings is 1. The first-order valence-corrected chi connectivity index (χ1v) is 8.25. The minimum Gasteiger partial charge on any atom is -0.481 e. The number of aliphatic carboxylic acids is 1. The van der Waals surface area contributed by atoms with Gasteiger partial charge < -0.3 is 5.11 Å². The van der Waals surface area contributed by atoms with Crippen LogP contribution in [0.5, 0.6) is 0 Å². The predicted octanol–water partition coefficient (Wildman–Crippen LogP) is 4.11. The van der Waals surface area contributed by atoms with Gasteiger partial charge in [0.05, 0.1) is 11.9 Å². The minimum absolute atomic E-state index is 0.00536. The van der Waals surface area contributed by atoms with Gasteiger partial charge in [-0.2, -0.15) is 0 Å². The Kier molecular flexibility index (Phi) is 4.78. The molecule has 0 fully saturated rings. The molecule has 0 atom stereocenters. The quantitative estimate of drug-likeness (QED) is 0.825. The molecule has 112 valence electrons. The first-order valence-electron chi connectivity index (χ1n) is 6.48. The summed E-state index contributed by atoms with van der Waals surface area (Å²) in [5, 5.41) is 9.58. The van der Waals surface area contributed by atoms with Crippen molar-refractivity contribution in [1.82, 2.24) is 9.55 Å². The Bertz CT molecular complexity index is 662. The van der Waals surface area contributed by atoms with Crippen molar-refractivity contribution in [3.63, 3.8) is 0 Å². The molecule has 21 heavy (non-hydrogen) atoms. The number of hydrogen-bond donors (Lipinski definition) is 1. The van der Waals surface area contributed by atoms with Gasteiger partial charge in [0.2, 0.25) is 0 Å². The molecule has 2 aromatic rings. The Morgan fingerprint density at radius 3 is 2.71 bits per heavy atom. The topological polar surface area (TPSA) is 55.1 Å². The third-order valence-electron chi connectivity index (χ3n) is 2.89. The number of carboxylic acid groups (broad SMARTS) is 1. The van der Waals surface area contributed by atoms with E-state index < -0.39 is 5.97 Å². The van der Waals surface area contributed by atoms with Crippen LogP contribution in [0.15, 0.2) is 40.1 Å². The van der Waals surface area contributed by atoms with Gasteiger partial charge in [-0.15, -0.1) is 0 Å². The summed E-state index contributed by atoms with van der Waals surface area (Å²) in [5.74, 6) is -0.852. The average molecular weight is 369 g/mol. The van der Waals surface area contributed by atoms with Gasteiger partial charge in [0.1, 0.15) is 0 Å². The normalized spacial score (nSPS) is 11.6. The van der Waals surface area contributed by atoms with E-state index in [1.54, 1.807) is 0 Å². The molecule has 4 nitrogen and oxygen atoms in total. The molecule has 6 heteroatoms. The fourth-order valence-electron chi connectivity index (χ4n) is 1.96. The van der Waals surface area contributed by atoms with Crippen molar-refractivity contribution in [1.29, 1.82) is 0 Å². The number of halogens is 1. The molecule has 1 aromatic carbocycles. The SMILES string of the molecule is CC(C)(C)c1cnc(SCC(=O)O)n1-c1cccc(Br)c1. The van der Waals surface area contributed by atoms with Crippen LogP contribution >= 0.6 is 27.7 Å². The summed E-state index contributed by atoms with van der Waals surface area (Å²) in [6.07, 6.45) is 1.82. The van der Waals surface area contributed by atoms with E-state index in [2.05, 4.69) is 41.7 Å². The lowest BCUT2D eigenvalue weighted by Gasteiger charge is -2.22. The average Bonchev–Trinajstić information content (AvgIpc) is 2.80. The van der Waals surface area contributed by atoms with Gasteiger partial charge in [-0.1, -0.05) is 54.5 Å². The van der Waals surface area contributed by atoms with E-state index in [4.69, 9.17) is 5.11 Å². The Balaban J connectivity index is 2.53. The van der Waals surface area contributed by atoms with Crippen molar-refractivity contribution in [3.05, 3.63) is 40.6 Å². The zero-order chi connectivity index (χ0) is 15.6. The van der Waals surface area contributed by atoms with E-state index in [1.807, 2.05) is 35.0 Å². The van der Waals surface area contributed by atoms with E-state index in [0.29, 0.717) is 5.16 Å². The highest BCUT2D eigenvalue weighted by atomic mass is 79.9. The van der Waals surface area contributed by atoms with E-state index >= 15 is 0 Å². The summed E-state index contributed by atoms with van der Waals surface area (Å²) in [4.78, 5) is 15.2. The Hall–Kier alpha value is -1.27. The lowest BCUT2D eigenvalue weighted by molar-refractivity contribution is -0.133. The highest BCUT2D eigenvalue weighted by Gasteiger charge is 2.23. The summed E-state index contributed by atoms with van der Waals surface area (Å²) >= 11 is 4.70. The standard InChI is InChI=1S/C15H17BrN2O2S/c1-15(2,3)12-8-17-14(21-9-13(19)20)18(12)11-6-4-5-10(16)7-11/h4-8H,9H2,1-3H3,(H,19,20). The second-order valence-corrected chi connectivity index (χ2v) is 7.53. The van der Waals surface area contributed by atoms with Crippen LogP contribution in [0.2, 0.25) is 0 Å². The van der Waals surface area contributed by atoms with Crippen molar-refractivity contribution in [2.24, 2.45) is 0 Å². The molecule has 1 heterocycles. The predicted molar refractivity (Wildman–Crippen MR) is 88.3 cm³/mol. The molecule has 0 saturated carbocycles. The highest BCUT2D eigenvalue weighted by Crippen LogP contribution is 2.31. The minimum atomic E-state index is -0.846. The number of aromatic nitrogens is 2. The molecule has 1 aromatic heterocycles. The number of carboxylic acids is 1. The molecule has 0 aliphatic rings. The van der Waals surface area contributed by atoms with Gasteiger partial charge in [0, 0.05) is 21.3 Å². The third kappa shape index (κ3) is 3.89. The molecule has 0 saturated heterocycles. The van der Waals surface area contributed by atoms with Crippen LogP contribution in [0.1, 0.15) is 26.5 Å². The van der Waals surface area contributed by atoms with Gasteiger partial charge in [0.15, 0.2) is 5.16 Å². The monoisotopic (exact) mass is 368 g/mol. The van der Waals surface area contributed by atoms with Crippen LogP contribution < -0.4 is 0 Å². The largest absolute Gasteiger partial charge is 0.481 e. The number of hydrogen-bond acceptors (Lipinski definition) is 3. The Labute approximate surface area is 136 Å². The summed E-state index contributed by atoms with van der Waals surface area (Å²) in [6.45, 7) is 6.35. The molecule has 0 spiro atoms. The molecular formula is C15H17BrN2O2S. The maximum Gasteiger partial charge on any atom is 0.313 e. The summed E-state index contributed by atoms with van der Waals surface area (Å²) in [7, 11) is 0. The first kappa shape index (κ1) is 16.1. The Morgan fingerprint density at radius 1 is 1.43 bits per heavy atom. The summed E-state index contributed by atoms with van der Waals surface area (Å²) < 4.78 is 3.00. The smallest absolute Gasteiger partial charge is 0.313 e. The van der Waals surface area contributed by atoms with Crippen LogP contribution in [0.3, 0.4) is 0 Å². The van der Waals surface area contributed by atoms with Crippen molar-refractivity contribution >= 4 is 33.7 Å². The van der Waals surface area contributed by atoms with Crippen molar-refractivity contribution in [3.8, 4) is 5.69 Å². The number of rotatable bonds is 4. The second kappa shape index (κ2) is 6.23. The summed E-state index contributed by atoms with van der Waals surface area (Å²) in [5.41, 5.74) is 1.94. The fourth-order valence-corrected chi connectivity index (χ4v) is 3.06. The van der Waals surface area contributed by atoms with Crippen LogP contribution in [0.4, 0.5) is 0 Å². The zero-order valence-electron chi connectivity index (χ0n) is 12.1. The van der Waals surface area contributed by atoms with E-state index in [-0.39, 0.29) is 11.2 Å². The molecule has 0 amide bonds. The number of carbonyl (C=O) groups is 1. The van der Waals surface area contributed by atoms with Gasteiger partial charge in [0.25, 0.3) is 0 Å². The fraction of sp³-hybridized carbons (Fsp3) is 0.333. The lowest BCUT2D eigenvalue weighted by atomic mass is 9.92. The molecule has 2 rings (SSSR count). The number of benzene rings is 1. The van der Waals surface area contributed by atoms with Crippen molar-refractivity contribution in [2.45, 2.75) is 31.3 Å². The lowest BCUT2D eigenvalue weighted by Crippen LogP contribution is -2.17. The van der Waals surface area contributed by atoms with Crippen LogP contribution in [0.25, 0.3) is 5.69 Å². The zero-order valence-corrected chi connectivity index (χ0v) is 14.5. The maximum atomic E-state index is 10.8. The number of nitrogens with zero attached hydrogens (tertiary/aromatic N) is 2. The third-order valence-corrected chi connectivity index (χ3v) is 4.32. The molecule has 0 radical (unpaired) electrons. The van der Waals surface area contributed by atoms with E-state index in [9.17, 15) is 4.79 Å². The van der Waals surface area contributed by atoms with Gasteiger partial charge in [-0.25, -0.2) is 4.98 Å². The molecule has 0 unspecified atom stereocenters. The first-order chi connectivity index (χ1) is 9.79. The van der Waals surface area contributed by atoms with Crippen LogP contribution in [0, 0.1) is 0 Å². The summed E-state index contributed by atoms with van der Waals surface area (Å²) in [6, 6.07) is 7.91. The van der Waals surface area contributed by atoms with Crippen LogP contribution in [-0.2, 0) is 10.2 Å². The van der Waals surface area contributed by atoms with Gasteiger partial charge in [-0.05, 0) is 18.2 Å². The second-order valence-electron chi connectivity index (χ2n) is 5.67. The molecule has 0 bridgehead atoms. The molecule has 1 N–H and O–H groups in total. The van der Waals surface area contributed by atoms with E-state index in [0.717, 1.165) is 15.9 Å². The maximum absolute atomic E-state index is 10.8. The van der Waals surface area contributed by atoms with E-state index in [1.165, 1.54) is 11.8 Å². The van der Waals surface area contributed by atoms with Crippen molar-refractivity contribution < 1.29 is 9.90 Å². The number of thioether (sulfide) groups is 1. The van der Waals surface area contributed by atoms with Crippen LogP contribution in [-0.4, -0.2) is 26.4 Å². The molecule has 0 aliphatic carbocycles. The highest BCUT2D eigenvalue weighted by molar-refractivity contribution is 9.10. The van der Waals surface area contributed by atoms with Gasteiger partial charge in [-0.3, -0.25) is 9.36 Å². The molecular weight excluding hydrogens is 352 g/mol. The van der Waals surface area contributed by atoms with Gasteiger partial charge >= 0.3 is 5.97 Å².